The van der Waals surface area contributed by atoms with Gasteiger partial charge in [-0.1, -0.05) is 0 Å². The molecule has 0 aromatic heterocycles. The molecule has 0 aromatic rings. The van der Waals surface area contributed by atoms with Crippen LogP contribution < -0.4 is 10.6 Å². The summed E-state index contributed by atoms with van der Waals surface area (Å²) in [6.07, 6.45) is -4.21. The number of ether oxygens (including phenoxy) is 1. The van der Waals surface area contributed by atoms with Gasteiger partial charge in [0, 0.05) is 33.3 Å². The Kier molecular flexibility index (Phi) is 10.2. The third kappa shape index (κ3) is 12.4. The predicted molar refractivity (Wildman–Crippen MR) is 78.6 cm³/mol. The van der Waals surface area contributed by atoms with Crippen molar-refractivity contribution in [2.45, 2.75) is 32.0 Å². The topological polar surface area (TPSA) is 48.9 Å². The van der Waals surface area contributed by atoms with Gasteiger partial charge in [-0.25, -0.2) is 0 Å². The molecule has 1 atom stereocenters. The Labute approximate surface area is 124 Å². The van der Waals surface area contributed by atoms with E-state index < -0.39 is 12.6 Å². The summed E-state index contributed by atoms with van der Waals surface area (Å²) in [5.41, 5.74) is 0. The Hall–Kier alpha value is -1.02. The molecule has 0 aliphatic carbocycles. The Balaban J connectivity index is 4.09. The number of rotatable bonds is 9. The van der Waals surface area contributed by atoms with Gasteiger partial charge >= 0.3 is 6.18 Å². The third-order valence-electron chi connectivity index (χ3n) is 2.72. The molecule has 0 saturated heterocycles. The average molecular weight is 312 g/mol. The van der Waals surface area contributed by atoms with E-state index in [4.69, 9.17) is 4.74 Å². The van der Waals surface area contributed by atoms with E-state index in [1.165, 1.54) is 7.05 Å². The lowest BCUT2D eigenvalue weighted by Gasteiger charge is -2.21. The van der Waals surface area contributed by atoms with E-state index in [0.717, 1.165) is 13.0 Å². The summed E-state index contributed by atoms with van der Waals surface area (Å²) in [6.45, 7) is 3.71. The SMILES string of the molecule is CCOC(CCN(C)C)CNC(=NC)NCCC(F)(F)F. The van der Waals surface area contributed by atoms with Gasteiger partial charge in [0.25, 0.3) is 0 Å². The maximum Gasteiger partial charge on any atom is 0.390 e. The lowest BCUT2D eigenvalue weighted by Crippen LogP contribution is -2.43. The minimum absolute atomic E-state index is 0.00133. The Morgan fingerprint density at radius 2 is 1.95 bits per heavy atom. The van der Waals surface area contributed by atoms with Crippen LogP contribution in [-0.2, 0) is 4.74 Å². The van der Waals surface area contributed by atoms with Gasteiger partial charge in [0.2, 0.25) is 0 Å². The molecule has 0 aliphatic heterocycles. The highest BCUT2D eigenvalue weighted by molar-refractivity contribution is 5.79. The Morgan fingerprint density at radius 1 is 1.29 bits per heavy atom. The fourth-order valence-corrected chi connectivity index (χ4v) is 1.64. The van der Waals surface area contributed by atoms with Gasteiger partial charge in [-0.2, -0.15) is 13.2 Å². The van der Waals surface area contributed by atoms with Crippen LogP contribution in [0.5, 0.6) is 0 Å². The lowest BCUT2D eigenvalue weighted by molar-refractivity contribution is -0.132. The molecule has 0 spiro atoms. The third-order valence-corrected chi connectivity index (χ3v) is 2.72. The maximum atomic E-state index is 12.1. The van der Waals surface area contributed by atoms with Gasteiger partial charge in [0.15, 0.2) is 5.96 Å². The average Bonchev–Trinajstić information content (AvgIpc) is 2.38. The summed E-state index contributed by atoms with van der Waals surface area (Å²) < 4.78 is 41.8. The zero-order chi connectivity index (χ0) is 16.3. The standard InChI is InChI=1S/C13H27F3N4O/c1-5-21-11(6-9-20(3)4)10-19-12(17-2)18-8-7-13(14,15)16/h11H,5-10H2,1-4H3,(H2,17,18,19). The lowest BCUT2D eigenvalue weighted by atomic mass is 10.2. The van der Waals surface area contributed by atoms with E-state index in [1.54, 1.807) is 0 Å². The quantitative estimate of drug-likeness (QED) is 0.500. The molecule has 0 radical (unpaired) electrons. The smallest absolute Gasteiger partial charge is 0.377 e. The van der Waals surface area contributed by atoms with Gasteiger partial charge in [0.05, 0.1) is 12.5 Å². The van der Waals surface area contributed by atoms with Crippen LogP contribution in [0.1, 0.15) is 19.8 Å². The summed E-state index contributed by atoms with van der Waals surface area (Å²) in [5, 5.41) is 5.63. The molecule has 0 heterocycles. The van der Waals surface area contributed by atoms with Crippen LogP contribution in [0, 0.1) is 0 Å². The van der Waals surface area contributed by atoms with Crippen LogP contribution in [0.25, 0.3) is 0 Å². The molecular weight excluding hydrogens is 285 g/mol. The molecule has 0 saturated carbocycles. The normalized spacial score (nSPS) is 14.4. The number of guanidine groups is 1. The molecule has 8 heteroatoms. The highest BCUT2D eigenvalue weighted by Gasteiger charge is 2.26. The number of nitrogens with zero attached hydrogens (tertiary/aromatic N) is 2. The maximum absolute atomic E-state index is 12.1. The molecule has 0 aliphatic rings. The van der Waals surface area contributed by atoms with Crippen molar-refractivity contribution >= 4 is 5.96 Å². The van der Waals surface area contributed by atoms with E-state index in [0.29, 0.717) is 19.1 Å². The van der Waals surface area contributed by atoms with Crippen LogP contribution >= 0.6 is 0 Å². The minimum atomic E-state index is -4.16. The van der Waals surface area contributed by atoms with Gasteiger partial charge in [-0.3, -0.25) is 4.99 Å². The van der Waals surface area contributed by atoms with Crippen LogP contribution in [0.4, 0.5) is 13.2 Å². The predicted octanol–water partition coefficient (Wildman–Crippen LogP) is 1.46. The second-order valence-corrected chi connectivity index (χ2v) is 4.91. The summed E-state index contributed by atoms with van der Waals surface area (Å²) in [5.74, 6) is 0.355. The first-order chi connectivity index (χ1) is 9.78. The fourth-order valence-electron chi connectivity index (χ4n) is 1.64. The number of nitrogens with one attached hydrogen (secondary N) is 2. The summed E-state index contributed by atoms with van der Waals surface area (Å²) in [6, 6.07) is 0. The molecule has 21 heavy (non-hydrogen) atoms. The first-order valence-corrected chi connectivity index (χ1v) is 7.06. The van der Waals surface area contributed by atoms with E-state index >= 15 is 0 Å². The zero-order valence-electron chi connectivity index (χ0n) is 13.3. The van der Waals surface area contributed by atoms with Crippen molar-refractivity contribution in [2.24, 2.45) is 4.99 Å². The van der Waals surface area contributed by atoms with Crippen molar-refractivity contribution in [1.82, 2.24) is 15.5 Å². The summed E-state index contributed by atoms with van der Waals surface area (Å²) >= 11 is 0. The van der Waals surface area contributed by atoms with Crippen LogP contribution in [0.3, 0.4) is 0 Å². The first kappa shape index (κ1) is 20.0. The van der Waals surface area contributed by atoms with Crippen molar-refractivity contribution in [1.29, 1.82) is 0 Å². The molecule has 2 N–H and O–H groups in total. The monoisotopic (exact) mass is 312 g/mol. The summed E-state index contributed by atoms with van der Waals surface area (Å²) in [7, 11) is 5.49. The summed E-state index contributed by atoms with van der Waals surface area (Å²) in [4.78, 5) is 5.95. The van der Waals surface area contributed by atoms with E-state index in [-0.39, 0.29) is 12.6 Å². The molecule has 126 valence electrons. The number of halogens is 3. The first-order valence-electron chi connectivity index (χ1n) is 7.06. The van der Waals surface area contributed by atoms with Crippen LogP contribution in [0.2, 0.25) is 0 Å². The highest BCUT2D eigenvalue weighted by atomic mass is 19.4. The zero-order valence-corrected chi connectivity index (χ0v) is 13.3. The fraction of sp³-hybridized carbons (Fsp3) is 0.923. The Morgan fingerprint density at radius 3 is 2.43 bits per heavy atom. The number of hydrogen-bond acceptors (Lipinski definition) is 3. The van der Waals surface area contributed by atoms with E-state index in [2.05, 4.69) is 20.5 Å². The van der Waals surface area contributed by atoms with Crippen molar-refractivity contribution in [2.75, 3.05) is 47.4 Å². The molecule has 5 nitrogen and oxygen atoms in total. The Bertz CT molecular complexity index is 296. The number of alkyl halides is 3. The van der Waals surface area contributed by atoms with Gasteiger partial charge < -0.3 is 20.3 Å². The van der Waals surface area contributed by atoms with Crippen LogP contribution in [0.15, 0.2) is 4.99 Å². The minimum Gasteiger partial charge on any atom is -0.377 e. The van der Waals surface area contributed by atoms with Crippen LogP contribution in [-0.4, -0.2) is 70.5 Å². The molecule has 0 rings (SSSR count). The second-order valence-electron chi connectivity index (χ2n) is 4.91. The van der Waals surface area contributed by atoms with Crippen molar-refractivity contribution < 1.29 is 17.9 Å². The molecule has 0 fully saturated rings. The molecule has 0 aromatic carbocycles. The number of hydrogen-bond donors (Lipinski definition) is 2. The van der Waals surface area contributed by atoms with Crippen molar-refractivity contribution in [3.63, 3.8) is 0 Å². The highest BCUT2D eigenvalue weighted by Crippen LogP contribution is 2.17. The molecule has 1 unspecified atom stereocenters. The number of aliphatic imine (C=N–C) groups is 1. The van der Waals surface area contributed by atoms with E-state index in [9.17, 15) is 13.2 Å². The molecule has 0 bridgehead atoms. The second kappa shape index (κ2) is 10.7. The van der Waals surface area contributed by atoms with Gasteiger partial charge in [-0.05, 0) is 27.4 Å². The van der Waals surface area contributed by atoms with Gasteiger partial charge in [0.1, 0.15) is 0 Å². The largest absolute Gasteiger partial charge is 0.390 e. The van der Waals surface area contributed by atoms with Crippen molar-refractivity contribution in [3.8, 4) is 0 Å². The van der Waals surface area contributed by atoms with Gasteiger partial charge in [-0.15, -0.1) is 0 Å². The van der Waals surface area contributed by atoms with E-state index in [1.807, 2.05) is 21.0 Å². The van der Waals surface area contributed by atoms with Crippen molar-refractivity contribution in [3.05, 3.63) is 0 Å². The molecule has 0 amide bonds. The molecular formula is C13H27F3N4O.